The number of thiophene rings is 1. The molecule has 2 nitrogen and oxygen atoms in total. The van der Waals surface area contributed by atoms with Crippen LogP contribution in [-0.4, -0.2) is 0 Å². The third kappa shape index (κ3) is 2.10. The van der Waals surface area contributed by atoms with E-state index in [0.717, 1.165) is 10.6 Å². The second kappa shape index (κ2) is 3.90. The highest BCUT2D eigenvalue weighted by atomic mass is 32.1. The van der Waals surface area contributed by atoms with Crippen molar-refractivity contribution in [1.82, 2.24) is 0 Å². The molecule has 0 aliphatic rings. The summed E-state index contributed by atoms with van der Waals surface area (Å²) in [6, 6.07) is 6.73. The quantitative estimate of drug-likeness (QED) is 0.763. The number of nitrogen functional groups attached to an aromatic ring is 1. The fourth-order valence-electron chi connectivity index (χ4n) is 1.24. The van der Waals surface area contributed by atoms with Gasteiger partial charge in [-0.05, 0) is 42.1 Å². The summed E-state index contributed by atoms with van der Waals surface area (Å²) in [6.07, 6.45) is 0. The summed E-state index contributed by atoms with van der Waals surface area (Å²) < 4.78 is 13.1. The van der Waals surface area contributed by atoms with Crippen LogP contribution in [0.25, 0.3) is 0 Å². The van der Waals surface area contributed by atoms with E-state index in [0.29, 0.717) is 5.69 Å². The van der Waals surface area contributed by atoms with Crippen molar-refractivity contribution in [2.45, 2.75) is 6.92 Å². The van der Waals surface area contributed by atoms with Crippen LogP contribution < -0.4 is 11.1 Å². The largest absolute Gasteiger partial charge is 0.396 e. The van der Waals surface area contributed by atoms with Crippen LogP contribution >= 0.6 is 11.3 Å². The molecule has 1 aromatic heterocycles. The lowest BCUT2D eigenvalue weighted by Gasteiger charge is -2.06. The Morgan fingerprint density at radius 2 is 2.13 bits per heavy atom. The summed E-state index contributed by atoms with van der Waals surface area (Å²) >= 11 is 1.59. The average Bonchev–Trinajstić information content (AvgIpc) is 2.59. The minimum atomic E-state index is -0.394. The first kappa shape index (κ1) is 9.98. The van der Waals surface area contributed by atoms with Crippen molar-refractivity contribution in [2.24, 2.45) is 0 Å². The molecule has 1 aromatic carbocycles. The summed E-state index contributed by atoms with van der Waals surface area (Å²) in [5.74, 6) is -0.394. The molecule has 15 heavy (non-hydrogen) atoms. The molecule has 0 amide bonds. The molecule has 1 heterocycles. The molecule has 0 unspecified atom stereocenters. The number of hydrogen-bond acceptors (Lipinski definition) is 3. The highest BCUT2D eigenvalue weighted by molar-refractivity contribution is 7.14. The minimum absolute atomic E-state index is 0.170. The Labute approximate surface area is 91.5 Å². The number of anilines is 3. The summed E-state index contributed by atoms with van der Waals surface area (Å²) in [7, 11) is 0. The molecule has 0 saturated carbocycles. The van der Waals surface area contributed by atoms with E-state index in [2.05, 4.69) is 5.32 Å². The number of hydrogen-bond donors (Lipinski definition) is 2. The van der Waals surface area contributed by atoms with E-state index < -0.39 is 5.82 Å². The molecule has 2 rings (SSSR count). The van der Waals surface area contributed by atoms with E-state index in [1.165, 1.54) is 6.07 Å². The molecule has 78 valence electrons. The number of benzene rings is 1. The summed E-state index contributed by atoms with van der Waals surface area (Å²) in [4.78, 5) is 0. The van der Waals surface area contributed by atoms with Gasteiger partial charge in [0.15, 0.2) is 0 Å². The molecule has 2 aromatic rings. The van der Waals surface area contributed by atoms with Crippen molar-refractivity contribution in [3.8, 4) is 0 Å². The first-order chi connectivity index (χ1) is 7.16. The molecule has 4 heteroatoms. The maximum absolute atomic E-state index is 13.1. The van der Waals surface area contributed by atoms with Crippen LogP contribution in [0.15, 0.2) is 29.6 Å². The highest BCUT2D eigenvalue weighted by Gasteiger charge is 2.02. The van der Waals surface area contributed by atoms with E-state index in [4.69, 9.17) is 5.73 Å². The van der Waals surface area contributed by atoms with Crippen LogP contribution in [0.5, 0.6) is 0 Å². The highest BCUT2D eigenvalue weighted by Crippen LogP contribution is 2.27. The lowest BCUT2D eigenvalue weighted by molar-refractivity contribution is 0.633. The van der Waals surface area contributed by atoms with Gasteiger partial charge in [-0.3, -0.25) is 0 Å². The Balaban J connectivity index is 2.25. The van der Waals surface area contributed by atoms with Gasteiger partial charge in [0.25, 0.3) is 0 Å². The maximum Gasteiger partial charge on any atom is 0.148 e. The van der Waals surface area contributed by atoms with Crippen LogP contribution in [0.2, 0.25) is 0 Å². The number of nitrogens with one attached hydrogen (secondary N) is 1. The molecule has 0 fully saturated rings. The summed E-state index contributed by atoms with van der Waals surface area (Å²) in [5.41, 5.74) is 7.43. The fourth-order valence-corrected chi connectivity index (χ4v) is 2.08. The van der Waals surface area contributed by atoms with E-state index in [1.807, 2.05) is 18.4 Å². The molecule has 0 aliphatic heterocycles. The lowest BCUT2D eigenvalue weighted by atomic mass is 10.2. The second-order valence-corrected chi connectivity index (χ2v) is 4.21. The van der Waals surface area contributed by atoms with Gasteiger partial charge < -0.3 is 11.1 Å². The van der Waals surface area contributed by atoms with Crippen molar-refractivity contribution in [3.63, 3.8) is 0 Å². The Morgan fingerprint density at radius 3 is 2.73 bits per heavy atom. The number of halogens is 1. The van der Waals surface area contributed by atoms with Gasteiger partial charge in [-0.15, -0.1) is 11.3 Å². The molecule has 0 atom stereocenters. The third-order valence-electron chi connectivity index (χ3n) is 2.12. The molecule has 3 N–H and O–H groups in total. The van der Waals surface area contributed by atoms with Crippen molar-refractivity contribution < 1.29 is 4.39 Å². The van der Waals surface area contributed by atoms with Gasteiger partial charge in [0.05, 0.1) is 10.7 Å². The van der Waals surface area contributed by atoms with Crippen LogP contribution in [0.1, 0.15) is 5.56 Å². The normalized spacial score (nSPS) is 10.3. The zero-order chi connectivity index (χ0) is 10.8. The van der Waals surface area contributed by atoms with E-state index in [-0.39, 0.29) is 5.69 Å². The Kier molecular flexibility index (Phi) is 2.60. The molecular formula is C11H11FN2S. The second-order valence-electron chi connectivity index (χ2n) is 3.29. The van der Waals surface area contributed by atoms with Gasteiger partial charge in [-0.2, -0.15) is 0 Å². The number of aryl methyl sites for hydroxylation is 1. The standard InChI is InChI=1S/C11H11FN2S/c1-7-4-5-15-11(7)14-8-2-3-10(13)9(12)6-8/h2-6,14H,13H2,1H3. The first-order valence-electron chi connectivity index (χ1n) is 4.53. The molecular weight excluding hydrogens is 211 g/mol. The zero-order valence-electron chi connectivity index (χ0n) is 8.25. The smallest absolute Gasteiger partial charge is 0.148 e. The maximum atomic E-state index is 13.1. The molecule has 0 bridgehead atoms. The predicted molar refractivity (Wildman–Crippen MR) is 63.2 cm³/mol. The van der Waals surface area contributed by atoms with Crippen LogP contribution in [0.4, 0.5) is 20.8 Å². The van der Waals surface area contributed by atoms with Crippen LogP contribution in [-0.2, 0) is 0 Å². The third-order valence-corrected chi connectivity index (χ3v) is 3.05. The van der Waals surface area contributed by atoms with Gasteiger partial charge in [-0.25, -0.2) is 4.39 Å². The number of rotatable bonds is 2. The molecule has 0 saturated heterocycles. The van der Waals surface area contributed by atoms with Crippen molar-refractivity contribution in [1.29, 1.82) is 0 Å². The van der Waals surface area contributed by atoms with Gasteiger partial charge in [0.2, 0.25) is 0 Å². The first-order valence-corrected chi connectivity index (χ1v) is 5.41. The zero-order valence-corrected chi connectivity index (χ0v) is 9.07. The van der Waals surface area contributed by atoms with Gasteiger partial charge in [0.1, 0.15) is 5.82 Å². The lowest BCUT2D eigenvalue weighted by Crippen LogP contribution is -1.94. The summed E-state index contributed by atoms with van der Waals surface area (Å²) in [5, 5.41) is 6.16. The SMILES string of the molecule is Cc1ccsc1Nc1ccc(N)c(F)c1. The topological polar surface area (TPSA) is 38.0 Å². The Hall–Kier alpha value is -1.55. The Bertz CT molecular complexity index is 479. The Morgan fingerprint density at radius 1 is 1.33 bits per heavy atom. The van der Waals surface area contributed by atoms with Gasteiger partial charge in [-0.1, -0.05) is 0 Å². The predicted octanol–water partition coefficient (Wildman–Crippen LogP) is 3.52. The average molecular weight is 222 g/mol. The van der Waals surface area contributed by atoms with Gasteiger partial charge >= 0.3 is 0 Å². The molecule has 0 aliphatic carbocycles. The monoisotopic (exact) mass is 222 g/mol. The van der Waals surface area contributed by atoms with Crippen molar-refractivity contribution in [3.05, 3.63) is 41.0 Å². The van der Waals surface area contributed by atoms with E-state index >= 15 is 0 Å². The van der Waals surface area contributed by atoms with Crippen LogP contribution in [0, 0.1) is 12.7 Å². The van der Waals surface area contributed by atoms with Crippen molar-refractivity contribution in [2.75, 3.05) is 11.1 Å². The van der Waals surface area contributed by atoms with E-state index in [1.54, 1.807) is 23.5 Å². The van der Waals surface area contributed by atoms with Crippen LogP contribution in [0.3, 0.4) is 0 Å². The van der Waals surface area contributed by atoms with Gasteiger partial charge in [0, 0.05) is 5.69 Å². The van der Waals surface area contributed by atoms with Crippen molar-refractivity contribution >= 4 is 27.7 Å². The fraction of sp³-hybridized carbons (Fsp3) is 0.0909. The summed E-state index contributed by atoms with van der Waals surface area (Å²) in [6.45, 7) is 2.01. The number of nitrogens with two attached hydrogens (primary N) is 1. The minimum Gasteiger partial charge on any atom is -0.396 e. The molecule has 0 spiro atoms. The van der Waals surface area contributed by atoms with E-state index in [9.17, 15) is 4.39 Å². The molecule has 0 radical (unpaired) electrons.